The molecule has 2 heterocycles. The van der Waals surface area contributed by atoms with E-state index in [-0.39, 0.29) is 35.9 Å². The Hall–Kier alpha value is -1.58. The van der Waals surface area contributed by atoms with Gasteiger partial charge in [-0.15, -0.1) is 24.0 Å². The van der Waals surface area contributed by atoms with E-state index in [1.165, 1.54) is 0 Å². The van der Waals surface area contributed by atoms with Gasteiger partial charge in [0.15, 0.2) is 5.96 Å². The molecule has 1 saturated heterocycles. The molecule has 1 aromatic rings. The van der Waals surface area contributed by atoms with E-state index in [4.69, 9.17) is 14.5 Å². The summed E-state index contributed by atoms with van der Waals surface area (Å²) in [5.74, 6) is 1.21. The molecule has 1 aliphatic rings. The van der Waals surface area contributed by atoms with Gasteiger partial charge in [0.1, 0.15) is 0 Å². The minimum atomic E-state index is -0.109. The summed E-state index contributed by atoms with van der Waals surface area (Å²) < 4.78 is 10.3. The van der Waals surface area contributed by atoms with Crippen LogP contribution in [0.25, 0.3) is 0 Å². The minimum absolute atomic E-state index is 0. The van der Waals surface area contributed by atoms with Crippen LogP contribution in [0, 0.1) is 5.92 Å². The van der Waals surface area contributed by atoms with Crippen molar-refractivity contribution in [1.29, 1.82) is 0 Å². The number of halogens is 1. The summed E-state index contributed by atoms with van der Waals surface area (Å²) in [6.45, 7) is 7.14. The lowest BCUT2D eigenvalue weighted by molar-refractivity contribution is -0.149. The van der Waals surface area contributed by atoms with E-state index < -0.39 is 0 Å². The van der Waals surface area contributed by atoms with Gasteiger partial charge in [-0.1, -0.05) is 0 Å². The monoisotopic (exact) mass is 476 g/mol. The highest BCUT2D eigenvalue weighted by molar-refractivity contribution is 14.0. The molecule has 1 aromatic heterocycles. The molecule has 1 N–H and O–H groups in total. The lowest BCUT2D eigenvalue weighted by Gasteiger charge is -2.34. The molecule has 0 saturated carbocycles. The number of hydrogen-bond acceptors (Lipinski definition) is 5. The molecule has 0 amide bonds. The SMILES string of the molecule is CCNC(=NCc1ccnc(OC)c1)N1CCCC(C(=O)OCC)C1.I. The van der Waals surface area contributed by atoms with Crippen LogP contribution < -0.4 is 10.1 Å². The number of esters is 1. The number of nitrogens with zero attached hydrogens (tertiary/aromatic N) is 3. The number of rotatable bonds is 6. The fourth-order valence-electron chi connectivity index (χ4n) is 2.87. The molecule has 2 rings (SSSR count). The molecule has 7 nitrogen and oxygen atoms in total. The van der Waals surface area contributed by atoms with Gasteiger partial charge in [0.25, 0.3) is 0 Å². The maximum atomic E-state index is 12.0. The van der Waals surface area contributed by atoms with Crippen LogP contribution in [0.5, 0.6) is 5.88 Å². The fraction of sp³-hybridized carbons (Fsp3) is 0.611. The second-order valence-corrected chi connectivity index (χ2v) is 5.91. The van der Waals surface area contributed by atoms with Crippen molar-refractivity contribution in [2.45, 2.75) is 33.2 Å². The smallest absolute Gasteiger partial charge is 0.310 e. The molecular weight excluding hydrogens is 447 g/mol. The Kier molecular flexibility index (Phi) is 10.3. The summed E-state index contributed by atoms with van der Waals surface area (Å²) in [7, 11) is 1.60. The summed E-state index contributed by atoms with van der Waals surface area (Å²) in [5, 5.41) is 3.32. The van der Waals surface area contributed by atoms with Crippen LogP contribution in [0.15, 0.2) is 23.3 Å². The van der Waals surface area contributed by atoms with Gasteiger partial charge in [-0.3, -0.25) is 4.79 Å². The van der Waals surface area contributed by atoms with Gasteiger partial charge in [-0.25, -0.2) is 9.98 Å². The van der Waals surface area contributed by atoms with Crippen molar-refractivity contribution in [2.75, 3.05) is 33.4 Å². The molecule has 0 aliphatic carbocycles. The third-order valence-corrected chi connectivity index (χ3v) is 4.10. The number of hydrogen-bond donors (Lipinski definition) is 1. The summed E-state index contributed by atoms with van der Waals surface area (Å²) in [6, 6.07) is 3.80. The van der Waals surface area contributed by atoms with Crippen LogP contribution in [0.3, 0.4) is 0 Å². The maximum Gasteiger partial charge on any atom is 0.310 e. The van der Waals surface area contributed by atoms with Crippen LogP contribution in [-0.2, 0) is 16.1 Å². The lowest BCUT2D eigenvalue weighted by atomic mass is 9.98. The fourth-order valence-corrected chi connectivity index (χ4v) is 2.87. The van der Waals surface area contributed by atoms with Gasteiger partial charge >= 0.3 is 5.97 Å². The number of aromatic nitrogens is 1. The van der Waals surface area contributed by atoms with E-state index in [9.17, 15) is 4.79 Å². The Morgan fingerprint density at radius 3 is 2.96 bits per heavy atom. The van der Waals surface area contributed by atoms with Crippen molar-refractivity contribution in [3.05, 3.63) is 23.9 Å². The zero-order chi connectivity index (χ0) is 18.1. The number of carbonyl (C=O) groups is 1. The van der Waals surface area contributed by atoms with E-state index in [2.05, 4.69) is 15.2 Å². The van der Waals surface area contributed by atoms with Crippen LogP contribution in [0.2, 0.25) is 0 Å². The number of pyridine rings is 1. The van der Waals surface area contributed by atoms with Gasteiger partial charge < -0.3 is 19.7 Å². The third kappa shape index (κ3) is 6.62. The highest BCUT2D eigenvalue weighted by atomic mass is 127. The molecule has 1 unspecified atom stereocenters. The predicted molar refractivity (Wildman–Crippen MR) is 112 cm³/mol. The molecule has 1 aliphatic heterocycles. The van der Waals surface area contributed by atoms with Crippen molar-refractivity contribution >= 4 is 35.9 Å². The molecule has 1 atom stereocenters. The van der Waals surface area contributed by atoms with Crippen molar-refractivity contribution < 1.29 is 14.3 Å². The normalized spacial score (nSPS) is 17.3. The maximum absolute atomic E-state index is 12.0. The number of carbonyl (C=O) groups excluding carboxylic acids is 1. The standard InChI is InChI=1S/C18H28N4O3.HI/c1-4-19-18(21-12-14-8-9-20-16(11-14)24-3)22-10-6-7-15(13-22)17(23)25-5-2;/h8-9,11,15H,4-7,10,12-13H2,1-3H3,(H,19,21);1H. The number of likely N-dealkylation sites (tertiary alicyclic amines) is 1. The average molecular weight is 476 g/mol. The molecule has 1 fully saturated rings. The van der Waals surface area contributed by atoms with Gasteiger partial charge in [0.05, 0.1) is 26.2 Å². The van der Waals surface area contributed by atoms with Gasteiger partial charge in [0, 0.05) is 31.9 Å². The minimum Gasteiger partial charge on any atom is -0.481 e. The highest BCUT2D eigenvalue weighted by Gasteiger charge is 2.28. The van der Waals surface area contributed by atoms with Crippen molar-refractivity contribution in [3.8, 4) is 5.88 Å². The Morgan fingerprint density at radius 1 is 1.46 bits per heavy atom. The first-order valence-corrected chi connectivity index (χ1v) is 8.86. The van der Waals surface area contributed by atoms with Crippen LogP contribution in [0.1, 0.15) is 32.3 Å². The van der Waals surface area contributed by atoms with E-state index in [1.54, 1.807) is 13.3 Å². The predicted octanol–water partition coefficient (Wildman–Crippen LogP) is 2.45. The topological polar surface area (TPSA) is 76.1 Å². The van der Waals surface area contributed by atoms with Crippen LogP contribution in [-0.4, -0.2) is 55.2 Å². The number of nitrogens with one attached hydrogen (secondary N) is 1. The summed E-state index contributed by atoms with van der Waals surface area (Å²) in [4.78, 5) is 23.0. The molecular formula is C18H29IN4O3. The molecule has 8 heteroatoms. The number of piperidine rings is 1. The van der Waals surface area contributed by atoms with Crippen molar-refractivity contribution in [3.63, 3.8) is 0 Å². The van der Waals surface area contributed by atoms with Crippen molar-refractivity contribution in [2.24, 2.45) is 10.9 Å². The number of ether oxygens (including phenoxy) is 2. The molecule has 146 valence electrons. The number of methoxy groups -OCH3 is 1. The number of aliphatic imine (C=N–C) groups is 1. The van der Waals surface area contributed by atoms with Gasteiger partial charge in [-0.2, -0.15) is 0 Å². The van der Waals surface area contributed by atoms with E-state index in [0.29, 0.717) is 25.6 Å². The quantitative estimate of drug-likeness (QED) is 0.294. The van der Waals surface area contributed by atoms with Crippen molar-refractivity contribution in [1.82, 2.24) is 15.2 Å². The Bertz CT molecular complexity index is 598. The Balaban J connectivity index is 0.00000338. The molecule has 0 bridgehead atoms. The molecule has 0 radical (unpaired) electrons. The second kappa shape index (κ2) is 11.9. The van der Waals surface area contributed by atoms with Crippen LogP contribution >= 0.6 is 24.0 Å². The molecule has 0 spiro atoms. The summed E-state index contributed by atoms with van der Waals surface area (Å²) in [5.41, 5.74) is 1.03. The average Bonchev–Trinajstić information content (AvgIpc) is 2.65. The third-order valence-electron chi connectivity index (χ3n) is 4.10. The van der Waals surface area contributed by atoms with E-state index >= 15 is 0 Å². The zero-order valence-corrected chi connectivity index (χ0v) is 18.1. The zero-order valence-electron chi connectivity index (χ0n) is 15.7. The van der Waals surface area contributed by atoms with Gasteiger partial charge in [-0.05, 0) is 38.3 Å². The summed E-state index contributed by atoms with van der Waals surface area (Å²) in [6.07, 6.45) is 3.54. The largest absolute Gasteiger partial charge is 0.481 e. The highest BCUT2D eigenvalue weighted by Crippen LogP contribution is 2.18. The lowest BCUT2D eigenvalue weighted by Crippen LogP contribution is -2.48. The first kappa shape index (κ1) is 22.5. The second-order valence-electron chi connectivity index (χ2n) is 5.91. The van der Waals surface area contributed by atoms with E-state index in [0.717, 1.165) is 37.5 Å². The Morgan fingerprint density at radius 2 is 2.27 bits per heavy atom. The molecule has 0 aromatic carbocycles. The molecule has 26 heavy (non-hydrogen) atoms. The van der Waals surface area contributed by atoms with E-state index in [1.807, 2.05) is 26.0 Å². The summed E-state index contributed by atoms with van der Waals surface area (Å²) >= 11 is 0. The first-order chi connectivity index (χ1) is 12.2. The first-order valence-electron chi connectivity index (χ1n) is 8.86. The number of guanidine groups is 1. The van der Waals surface area contributed by atoms with Crippen LogP contribution in [0.4, 0.5) is 0 Å². The van der Waals surface area contributed by atoms with Gasteiger partial charge in [0.2, 0.25) is 5.88 Å². The Labute approximate surface area is 172 Å².